The van der Waals surface area contributed by atoms with Gasteiger partial charge in [-0.1, -0.05) is 30.3 Å². The van der Waals surface area contributed by atoms with Crippen molar-refractivity contribution in [3.8, 4) is 0 Å². The molecule has 1 aliphatic heterocycles. The van der Waals surface area contributed by atoms with Gasteiger partial charge in [0.1, 0.15) is 11.9 Å². The molecule has 2 aromatic carbocycles. The summed E-state index contributed by atoms with van der Waals surface area (Å²) >= 11 is 0. The highest BCUT2D eigenvalue weighted by molar-refractivity contribution is 5.95. The Kier molecular flexibility index (Phi) is 6.31. The minimum Gasteiger partial charge on any atom is -0.459 e. The molecule has 1 aromatic heterocycles. The number of piperazine rings is 1. The van der Waals surface area contributed by atoms with Crippen molar-refractivity contribution < 1.29 is 18.4 Å². The van der Waals surface area contributed by atoms with E-state index in [1.165, 1.54) is 18.4 Å². The second-order valence-electron chi connectivity index (χ2n) is 7.48. The van der Waals surface area contributed by atoms with Gasteiger partial charge in [-0.15, -0.1) is 0 Å². The summed E-state index contributed by atoms with van der Waals surface area (Å²) in [4.78, 5) is 29.7. The average Bonchev–Trinajstić information content (AvgIpc) is 3.35. The van der Waals surface area contributed by atoms with Gasteiger partial charge in [-0.3, -0.25) is 9.59 Å². The van der Waals surface area contributed by atoms with Crippen LogP contribution in [0.25, 0.3) is 0 Å². The molecule has 7 heteroatoms. The number of furan rings is 1. The molecular formula is C24H24FN3O3. The number of halogens is 1. The van der Waals surface area contributed by atoms with Gasteiger partial charge in [0.2, 0.25) is 5.91 Å². The highest BCUT2D eigenvalue weighted by atomic mass is 19.1. The predicted octanol–water partition coefficient (Wildman–Crippen LogP) is 3.11. The highest BCUT2D eigenvalue weighted by Gasteiger charge is 2.29. The van der Waals surface area contributed by atoms with Gasteiger partial charge in [0.05, 0.1) is 6.26 Å². The van der Waals surface area contributed by atoms with Crippen molar-refractivity contribution >= 4 is 17.5 Å². The first-order valence-corrected chi connectivity index (χ1v) is 10.3. The van der Waals surface area contributed by atoms with Crippen LogP contribution in [0, 0.1) is 5.82 Å². The number of benzene rings is 2. The minimum absolute atomic E-state index is 0.123. The van der Waals surface area contributed by atoms with E-state index in [0.29, 0.717) is 32.6 Å². The van der Waals surface area contributed by atoms with Crippen molar-refractivity contribution in [3.05, 3.63) is 90.1 Å². The summed E-state index contributed by atoms with van der Waals surface area (Å²) in [6.45, 7) is 2.33. The summed E-state index contributed by atoms with van der Waals surface area (Å²) in [5, 5.41) is 2.83. The van der Waals surface area contributed by atoms with Crippen molar-refractivity contribution in [3.63, 3.8) is 0 Å². The Balaban J connectivity index is 1.43. The molecule has 1 fully saturated rings. The lowest BCUT2D eigenvalue weighted by Crippen LogP contribution is -2.55. The third-order valence-electron chi connectivity index (χ3n) is 5.41. The maximum absolute atomic E-state index is 13.3. The van der Waals surface area contributed by atoms with E-state index in [0.717, 1.165) is 11.3 Å². The molecule has 2 heterocycles. The molecule has 1 N–H and O–H groups in total. The first kappa shape index (κ1) is 20.7. The molecule has 0 saturated carbocycles. The molecule has 0 aliphatic carbocycles. The van der Waals surface area contributed by atoms with Crippen molar-refractivity contribution in [2.75, 3.05) is 31.1 Å². The van der Waals surface area contributed by atoms with Crippen molar-refractivity contribution in [1.29, 1.82) is 0 Å². The van der Waals surface area contributed by atoms with Crippen LogP contribution >= 0.6 is 0 Å². The number of nitrogens with one attached hydrogen (secondary N) is 1. The molecule has 1 atom stereocenters. The van der Waals surface area contributed by atoms with Crippen LogP contribution in [0.4, 0.5) is 10.1 Å². The molecule has 1 aliphatic rings. The number of anilines is 1. The summed E-state index contributed by atoms with van der Waals surface area (Å²) in [7, 11) is 0. The first-order valence-electron chi connectivity index (χ1n) is 10.3. The number of rotatable bonds is 6. The van der Waals surface area contributed by atoms with Gasteiger partial charge in [-0.05, 0) is 42.0 Å². The summed E-state index contributed by atoms with van der Waals surface area (Å²) in [5.74, 6) is -0.632. The quantitative estimate of drug-likeness (QED) is 0.664. The first-order chi connectivity index (χ1) is 15.1. The fourth-order valence-electron chi connectivity index (χ4n) is 3.74. The maximum atomic E-state index is 13.3. The number of hydrogen-bond donors (Lipinski definition) is 1. The lowest BCUT2D eigenvalue weighted by atomic mass is 10.0. The maximum Gasteiger partial charge on any atom is 0.287 e. The molecule has 0 radical (unpaired) electrons. The molecule has 0 spiro atoms. The van der Waals surface area contributed by atoms with Crippen LogP contribution in [0.2, 0.25) is 0 Å². The van der Waals surface area contributed by atoms with E-state index in [1.807, 2.05) is 30.3 Å². The van der Waals surface area contributed by atoms with Crippen LogP contribution < -0.4 is 10.2 Å². The van der Waals surface area contributed by atoms with E-state index in [2.05, 4.69) is 10.2 Å². The van der Waals surface area contributed by atoms with Crippen molar-refractivity contribution in [2.24, 2.45) is 0 Å². The van der Waals surface area contributed by atoms with E-state index < -0.39 is 11.9 Å². The van der Waals surface area contributed by atoms with Crippen LogP contribution in [0.15, 0.2) is 77.4 Å². The Morgan fingerprint density at radius 3 is 2.29 bits per heavy atom. The second kappa shape index (κ2) is 9.47. The summed E-state index contributed by atoms with van der Waals surface area (Å²) in [5.41, 5.74) is 1.89. The number of hydrogen-bond acceptors (Lipinski definition) is 4. The fourth-order valence-corrected chi connectivity index (χ4v) is 3.74. The Bertz CT molecular complexity index is 998. The zero-order valence-electron chi connectivity index (χ0n) is 17.0. The number of nitrogens with zero attached hydrogens (tertiary/aromatic N) is 2. The Hall–Kier alpha value is -3.61. The summed E-state index contributed by atoms with van der Waals surface area (Å²) in [6, 6.07) is 18.5. The van der Waals surface area contributed by atoms with E-state index >= 15 is 0 Å². The Morgan fingerprint density at radius 1 is 0.935 bits per heavy atom. The Labute approximate surface area is 180 Å². The number of amides is 2. The second-order valence-corrected chi connectivity index (χ2v) is 7.48. The molecule has 31 heavy (non-hydrogen) atoms. The third-order valence-corrected chi connectivity index (χ3v) is 5.41. The molecule has 160 valence electrons. The van der Waals surface area contributed by atoms with Gasteiger partial charge in [0, 0.05) is 38.3 Å². The van der Waals surface area contributed by atoms with Crippen LogP contribution in [-0.4, -0.2) is 48.9 Å². The predicted molar refractivity (Wildman–Crippen MR) is 115 cm³/mol. The van der Waals surface area contributed by atoms with Crippen molar-refractivity contribution in [1.82, 2.24) is 10.2 Å². The van der Waals surface area contributed by atoms with Crippen LogP contribution in [0.5, 0.6) is 0 Å². The van der Waals surface area contributed by atoms with Crippen LogP contribution in [-0.2, 0) is 11.2 Å². The Morgan fingerprint density at radius 2 is 1.65 bits per heavy atom. The molecule has 0 bridgehead atoms. The monoisotopic (exact) mass is 421 g/mol. The molecule has 4 rings (SSSR count). The third kappa shape index (κ3) is 5.12. The van der Waals surface area contributed by atoms with Crippen molar-refractivity contribution in [2.45, 2.75) is 12.5 Å². The summed E-state index contributed by atoms with van der Waals surface area (Å²) < 4.78 is 18.4. The van der Waals surface area contributed by atoms with Gasteiger partial charge in [-0.2, -0.15) is 0 Å². The van der Waals surface area contributed by atoms with Gasteiger partial charge in [0.15, 0.2) is 5.76 Å². The van der Waals surface area contributed by atoms with Gasteiger partial charge >= 0.3 is 0 Å². The summed E-state index contributed by atoms with van der Waals surface area (Å²) in [6.07, 6.45) is 1.82. The average molecular weight is 421 g/mol. The van der Waals surface area contributed by atoms with E-state index in [9.17, 15) is 14.0 Å². The fraction of sp³-hybridized carbons (Fsp3) is 0.250. The smallest absolute Gasteiger partial charge is 0.287 e. The number of carbonyl (C=O) groups excluding carboxylic acids is 2. The normalized spacial score (nSPS) is 14.9. The van der Waals surface area contributed by atoms with Gasteiger partial charge < -0.3 is 19.5 Å². The van der Waals surface area contributed by atoms with Crippen LogP contribution in [0.3, 0.4) is 0 Å². The SMILES string of the molecule is O=C(N[C@@H](Cc1ccccc1)C(=O)N1CCN(c2ccc(F)cc2)CC1)c1ccco1. The lowest BCUT2D eigenvalue weighted by molar-refractivity contribution is -0.133. The largest absolute Gasteiger partial charge is 0.459 e. The standard InChI is InChI=1S/C24H24FN3O3/c25-19-8-10-20(11-9-19)27-12-14-28(15-13-27)24(30)21(17-18-5-2-1-3-6-18)26-23(29)22-7-4-16-31-22/h1-11,16,21H,12-15,17H2,(H,26,29)/t21-/m0/s1. The highest BCUT2D eigenvalue weighted by Crippen LogP contribution is 2.18. The molecule has 3 aromatic rings. The zero-order chi connectivity index (χ0) is 21.6. The van der Waals surface area contributed by atoms with E-state index in [-0.39, 0.29) is 17.5 Å². The molecule has 1 saturated heterocycles. The minimum atomic E-state index is -0.697. The zero-order valence-corrected chi connectivity index (χ0v) is 17.0. The lowest BCUT2D eigenvalue weighted by Gasteiger charge is -2.37. The topological polar surface area (TPSA) is 65.8 Å². The van der Waals surface area contributed by atoms with Gasteiger partial charge in [-0.25, -0.2) is 4.39 Å². The molecule has 6 nitrogen and oxygen atoms in total. The van der Waals surface area contributed by atoms with Gasteiger partial charge in [0.25, 0.3) is 5.91 Å². The van der Waals surface area contributed by atoms with E-state index in [1.54, 1.807) is 29.2 Å². The molecule has 0 unspecified atom stereocenters. The van der Waals surface area contributed by atoms with Crippen LogP contribution in [0.1, 0.15) is 16.1 Å². The van der Waals surface area contributed by atoms with E-state index in [4.69, 9.17) is 4.42 Å². The molecule has 2 amide bonds. The number of carbonyl (C=O) groups is 2. The molecular weight excluding hydrogens is 397 g/mol.